The molecule has 0 rings (SSSR count). The Morgan fingerprint density at radius 1 is 0.259 bits per heavy atom. The minimum atomic E-state index is -0.792. The van der Waals surface area contributed by atoms with Crippen molar-refractivity contribution < 1.29 is 28.6 Å². The van der Waals surface area contributed by atoms with Gasteiger partial charge in [-0.15, -0.1) is 0 Å². The highest BCUT2D eigenvalue weighted by Gasteiger charge is 2.19. The monoisotopic (exact) mass is 1130 g/mol. The number of carbonyl (C=O) groups is 3. The van der Waals surface area contributed by atoms with Crippen molar-refractivity contribution in [2.45, 2.75) is 361 Å². The van der Waals surface area contributed by atoms with Gasteiger partial charge < -0.3 is 14.2 Å². The van der Waals surface area contributed by atoms with Crippen molar-refractivity contribution in [1.29, 1.82) is 0 Å². The minimum absolute atomic E-state index is 0.0853. The largest absolute Gasteiger partial charge is 0.462 e. The van der Waals surface area contributed by atoms with Crippen molar-refractivity contribution in [3.05, 3.63) is 85.1 Å². The predicted molar refractivity (Wildman–Crippen MR) is 353 cm³/mol. The molecule has 0 radical (unpaired) electrons. The first-order valence-electron chi connectivity index (χ1n) is 35.1. The highest BCUT2D eigenvalue weighted by molar-refractivity contribution is 5.71. The van der Waals surface area contributed by atoms with Crippen LogP contribution < -0.4 is 0 Å². The summed E-state index contributed by atoms with van der Waals surface area (Å²) in [4.78, 5) is 38.3. The molecule has 0 aromatic carbocycles. The van der Waals surface area contributed by atoms with Gasteiger partial charge in [0.1, 0.15) is 13.2 Å². The first-order chi connectivity index (χ1) is 40.0. The molecule has 0 saturated carbocycles. The molecular formula is C75H132O6. The Morgan fingerprint density at radius 2 is 0.481 bits per heavy atom. The highest BCUT2D eigenvalue weighted by atomic mass is 16.6. The number of rotatable bonds is 64. The Hall–Kier alpha value is -3.41. The molecule has 81 heavy (non-hydrogen) atoms. The van der Waals surface area contributed by atoms with E-state index in [4.69, 9.17) is 14.2 Å². The summed E-state index contributed by atoms with van der Waals surface area (Å²) >= 11 is 0. The molecule has 0 N–H and O–H groups in total. The number of unbranched alkanes of at least 4 members (excludes halogenated alkanes) is 39. The molecule has 6 nitrogen and oxygen atoms in total. The summed E-state index contributed by atoms with van der Waals surface area (Å²) in [7, 11) is 0. The van der Waals surface area contributed by atoms with E-state index in [9.17, 15) is 14.4 Å². The SMILES string of the molecule is CC/C=C\C/C=C\C/C=C\CCCCCCCC(=O)OC(COC(=O)CCCCCCC/C=C\C/C=C\CCCCC)COC(=O)CCCCCCCCCCCCCCCCCCCCCCC/C=C\C/C=C\CCCCCCC. The zero-order valence-corrected chi connectivity index (χ0v) is 53.8. The van der Waals surface area contributed by atoms with Gasteiger partial charge in [0.05, 0.1) is 0 Å². The summed E-state index contributed by atoms with van der Waals surface area (Å²) < 4.78 is 16.9. The van der Waals surface area contributed by atoms with Gasteiger partial charge in [-0.2, -0.15) is 0 Å². The van der Waals surface area contributed by atoms with E-state index in [1.165, 1.54) is 193 Å². The first-order valence-corrected chi connectivity index (χ1v) is 35.1. The fourth-order valence-electron chi connectivity index (χ4n) is 10.1. The summed E-state index contributed by atoms with van der Waals surface area (Å²) in [6.07, 6.45) is 92.0. The summed E-state index contributed by atoms with van der Waals surface area (Å²) in [6.45, 7) is 6.50. The molecule has 0 aliphatic heterocycles. The molecule has 0 aliphatic carbocycles. The second-order valence-corrected chi connectivity index (χ2v) is 23.4. The van der Waals surface area contributed by atoms with Gasteiger partial charge >= 0.3 is 17.9 Å². The maximum absolute atomic E-state index is 12.9. The molecule has 6 heteroatoms. The maximum atomic E-state index is 12.9. The third-order valence-electron chi connectivity index (χ3n) is 15.4. The van der Waals surface area contributed by atoms with Gasteiger partial charge in [-0.3, -0.25) is 14.4 Å². The fourth-order valence-corrected chi connectivity index (χ4v) is 10.1. The predicted octanol–water partition coefficient (Wildman–Crippen LogP) is 24.2. The van der Waals surface area contributed by atoms with Crippen molar-refractivity contribution in [3.8, 4) is 0 Å². The molecule has 0 bridgehead atoms. The smallest absolute Gasteiger partial charge is 0.306 e. The normalized spacial score (nSPS) is 12.6. The van der Waals surface area contributed by atoms with E-state index in [0.717, 1.165) is 122 Å². The summed E-state index contributed by atoms with van der Waals surface area (Å²) in [5, 5.41) is 0. The Kier molecular flexibility index (Phi) is 66.2. The van der Waals surface area contributed by atoms with Crippen molar-refractivity contribution >= 4 is 17.9 Å². The Morgan fingerprint density at radius 3 is 0.778 bits per heavy atom. The van der Waals surface area contributed by atoms with Gasteiger partial charge in [-0.05, 0) is 116 Å². The second kappa shape index (κ2) is 69.1. The number of hydrogen-bond acceptors (Lipinski definition) is 6. The molecule has 0 amide bonds. The molecule has 0 heterocycles. The highest BCUT2D eigenvalue weighted by Crippen LogP contribution is 2.17. The van der Waals surface area contributed by atoms with Gasteiger partial charge in [0.25, 0.3) is 0 Å². The molecule has 1 atom stereocenters. The number of esters is 3. The van der Waals surface area contributed by atoms with Gasteiger partial charge in [0.2, 0.25) is 0 Å². The van der Waals surface area contributed by atoms with E-state index in [0.29, 0.717) is 19.3 Å². The Bertz CT molecular complexity index is 1530. The lowest BCUT2D eigenvalue weighted by Crippen LogP contribution is -2.30. The van der Waals surface area contributed by atoms with E-state index in [1.54, 1.807) is 0 Å². The average molecular weight is 1130 g/mol. The van der Waals surface area contributed by atoms with E-state index in [-0.39, 0.29) is 31.1 Å². The lowest BCUT2D eigenvalue weighted by atomic mass is 10.0. The molecule has 0 aromatic heterocycles. The molecule has 0 saturated heterocycles. The van der Waals surface area contributed by atoms with Crippen molar-refractivity contribution in [2.75, 3.05) is 13.2 Å². The van der Waals surface area contributed by atoms with E-state index >= 15 is 0 Å². The van der Waals surface area contributed by atoms with Crippen molar-refractivity contribution in [3.63, 3.8) is 0 Å². The van der Waals surface area contributed by atoms with Crippen LogP contribution in [0.25, 0.3) is 0 Å². The first kappa shape index (κ1) is 77.6. The third kappa shape index (κ3) is 67.3. The second-order valence-electron chi connectivity index (χ2n) is 23.4. The van der Waals surface area contributed by atoms with Gasteiger partial charge in [0.15, 0.2) is 6.10 Å². The van der Waals surface area contributed by atoms with Gasteiger partial charge in [-0.25, -0.2) is 0 Å². The fraction of sp³-hybridized carbons (Fsp3) is 0.773. The number of ether oxygens (including phenoxy) is 3. The Labute approximate surface area is 503 Å². The van der Waals surface area contributed by atoms with Crippen LogP contribution in [-0.2, 0) is 28.6 Å². The molecule has 0 aliphatic rings. The zero-order valence-electron chi connectivity index (χ0n) is 53.8. The molecule has 1 unspecified atom stereocenters. The Balaban J connectivity index is 4.16. The van der Waals surface area contributed by atoms with Crippen LogP contribution in [0.5, 0.6) is 0 Å². The molecule has 0 spiro atoms. The molecule has 0 fully saturated rings. The molecular weight excluding hydrogens is 997 g/mol. The molecule has 468 valence electrons. The van der Waals surface area contributed by atoms with E-state index in [2.05, 4.69) is 106 Å². The van der Waals surface area contributed by atoms with E-state index < -0.39 is 6.10 Å². The lowest BCUT2D eigenvalue weighted by molar-refractivity contribution is -0.167. The van der Waals surface area contributed by atoms with Crippen LogP contribution in [-0.4, -0.2) is 37.2 Å². The summed E-state index contributed by atoms with van der Waals surface area (Å²) in [5.74, 6) is -0.901. The topological polar surface area (TPSA) is 78.9 Å². The zero-order chi connectivity index (χ0) is 58.5. The number of hydrogen-bond donors (Lipinski definition) is 0. The van der Waals surface area contributed by atoms with Crippen LogP contribution >= 0.6 is 0 Å². The number of carbonyl (C=O) groups excluding carboxylic acids is 3. The van der Waals surface area contributed by atoms with Crippen LogP contribution in [0.1, 0.15) is 355 Å². The van der Waals surface area contributed by atoms with Crippen LogP contribution in [0, 0.1) is 0 Å². The quantitative estimate of drug-likeness (QED) is 0.0261. The standard InChI is InChI=1S/C75H132O6/c1-4-7-10-13-16-19-22-25-28-29-30-31-32-33-34-35-36-37-38-39-40-41-42-43-44-45-48-50-53-56-59-62-65-68-74(77)80-71-72(81-75(78)69-66-63-60-57-54-51-47-27-24-21-18-15-12-9-6-3)70-79-73(76)67-64-61-58-55-52-49-46-26-23-20-17-14-11-8-5-2/h9,12,17-18,20-22,25-27,29-30,46-47,72H,4-8,10-11,13-16,19,23-24,28,31-45,48-71H2,1-3H3/b12-9-,20-17-,21-18-,25-22-,30-29-,46-26-,47-27-. The van der Waals surface area contributed by atoms with Gasteiger partial charge in [-0.1, -0.05) is 305 Å². The summed E-state index contributed by atoms with van der Waals surface area (Å²) in [6, 6.07) is 0. The molecule has 0 aromatic rings. The van der Waals surface area contributed by atoms with Crippen LogP contribution in [0.4, 0.5) is 0 Å². The van der Waals surface area contributed by atoms with Crippen molar-refractivity contribution in [1.82, 2.24) is 0 Å². The van der Waals surface area contributed by atoms with Crippen LogP contribution in [0.3, 0.4) is 0 Å². The summed E-state index contributed by atoms with van der Waals surface area (Å²) in [5.41, 5.74) is 0. The maximum Gasteiger partial charge on any atom is 0.306 e. The van der Waals surface area contributed by atoms with Crippen LogP contribution in [0.2, 0.25) is 0 Å². The third-order valence-corrected chi connectivity index (χ3v) is 15.4. The van der Waals surface area contributed by atoms with Crippen molar-refractivity contribution in [2.24, 2.45) is 0 Å². The van der Waals surface area contributed by atoms with Gasteiger partial charge in [0, 0.05) is 19.3 Å². The average Bonchev–Trinajstić information content (AvgIpc) is 3.47. The minimum Gasteiger partial charge on any atom is -0.462 e. The number of allylic oxidation sites excluding steroid dienone is 14. The van der Waals surface area contributed by atoms with Crippen LogP contribution in [0.15, 0.2) is 85.1 Å². The lowest BCUT2D eigenvalue weighted by Gasteiger charge is -2.18. The van der Waals surface area contributed by atoms with E-state index in [1.807, 2.05) is 0 Å².